The van der Waals surface area contributed by atoms with Crippen LogP contribution in [-0.4, -0.2) is 87.5 Å². The average molecular weight is 1220 g/mol. The summed E-state index contributed by atoms with van der Waals surface area (Å²) in [6.45, 7) is 3.84. The molecule has 1 saturated heterocycles. The van der Waals surface area contributed by atoms with Crippen LogP contribution in [0.1, 0.15) is 406 Å². The van der Waals surface area contributed by atoms with Gasteiger partial charge in [0.2, 0.25) is 5.91 Å². The van der Waals surface area contributed by atoms with Gasteiger partial charge in [-0.25, -0.2) is 0 Å². The lowest BCUT2D eigenvalue weighted by Gasteiger charge is -2.40. The smallest absolute Gasteiger partial charge is 0.220 e. The van der Waals surface area contributed by atoms with Gasteiger partial charge >= 0.3 is 0 Å². The molecule has 0 aliphatic carbocycles. The summed E-state index contributed by atoms with van der Waals surface area (Å²) in [5.74, 6) is -0.177. The van der Waals surface area contributed by atoms with Gasteiger partial charge in [0.25, 0.3) is 0 Å². The van der Waals surface area contributed by atoms with Crippen LogP contribution in [-0.2, 0) is 14.3 Å². The first-order valence-corrected chi connectivity index (χ1v) is 38.6. The topological polar surface area (TPSA) is 149 Å². The lowest BCUT2D eigenvalue weighted by molar-refractivity contribution is -0.302. The number of amides is 1. The van der Waals surface area contributed by atoms with Crippen LogP contribution >= 0.6 is 0 Å². The molecule has 1 heterocycles. The van der Waals surface area contributed by atoms with E-state index in [-0.39, 0.29) is 12.5 Å². The molecule has 0 aromatic carbocycles. The zero-order valence-corrected chi connectivity index (χ0v) is 57.4. The molecule has 0 saturated carbocycles. The van der Waals surface area contributed by atoms with Crippen LogP contribution in [0.4, 0.5) is 0 Å². The van der Waals surface area contributed by atoms with E-state index in [2.05, 4.69) is 31.3 Å². The van der Waals surface area contributed by atoms with E-state index < -0.39 is 49.5 Å². The van der Waals surface area contributed by atoms with E-state index in [1.807, 2.05) is 6.08 Å². The SMILES string of the molecule is CCCCCCCCCCCCCCCCCCCCCCCCC/C=C/CC/C=C/C(O)C(COC1OC(CO)C(O)C(O)C1O)NC(=O)CCCCCCCCCCCCCCCCCCCCCCCCCCCCCCCCCCCC. The second kappa shape index (κ2) is 66.6. The molecule has 86 heavy (non-hydrogen) atoms. The fraction of sp³-hybridized carbons (Fsp3) is 0.935. The molecule has 0 aromatic rings. The molecule has 1 aliphatic rings. The second-order valence-electron chi connectivity index (χ2n) is 27.2. The average Bonchev–Trinajstić information content (AvgIpc) is 2.44. The van der Waals surface area contributed by atoms with Crippen molar-refractivity contribution in [1.29, 1.82) is 0 Å². The first-order valence-electron chi connectivity index (χ1n) is 38.6. The molecule has 0 bridgehead atoms. The molecule has 1 amide bonds. The fourth-order valence-corrected chi connectivity index (χ4v) is 12.8. The number of aliphatic hydroxyl groups is 5. The predicted molar refractivity (Wildman–Crippen MR) is 369 cm³/mol. The molecule has 1 aliphatic heterocycles. The summed E-state index contributed by atoms with van der Waals surface area (Å²) in [6.07, 6.45) is 81.9. The van der Waals surface area contributed by atoms with Gasteiger partial charge in [0.05, 0.1) is 25.4 Å². The largest absolute Gasteiger partial charge is 0.394 e. The highest BCUT2D eigenvalue weighted by molar-refractivity contribution is 5.76. The Labute approximate surface area is 534 Å². The number of hydrogen-bond acceptors (Lipinski definition) is 8. The Morgan fingerprint density at radius 1 is 0.384 bits per heavy atom. The number of carbonyl (C=O) groups excluding carboxylic acids is 1. The predicted octanol–water partition coefficient (Wildman–Crippen LogP) is 21.6. The van der Waals surface area contributed by atoms with Crippen molar-refractivity contribution in [3.63, 3.8) is 0 Å². The van der Waals surface area contributed by atoms with Gasteiger partial charge in [-0.1, -0.05) is 391 Å². The number of ether oxygens (including phenoxy) is 2. The second-order valence-corrected chi connectivity index (χ2v) is 27.2. The Hall–Kier alpha value is -1.33. The maximum atomic E-state index is 13.2. The molecule has 7 unspecified atom stereocenters. The minimum atomic E-state index is -1.57. The van der Waals surface area contributed by atoms with Gasteiger partial charge in [-0.2, -0.15) is 0 Å². The third-order valence-electron chi connectivity index (χ3n) is 18.8. The van der Waals surface area contributed by atoms with E-state index in [1.165, 1.54) is 347 Å². The first kappa shape index (κ1) is 82.7. The summed E-state index contributed by atoms with van der Waals surface area (Å²) in [6, 6.07) is -0.821. The molecule has 9 heteroatoms. The number of allylic oxidation sites excluding steroid dienone is 3. The summed E-state index contributed by atoms with van der Waals surface area (Å²) in [4.78, 5) is 13.2. The van der Waals surface area contributed by atoms with E-state index >= 15 is 0 Å². The molecule has 1 rings (SSSR count). The van der Waals surface area contributed by atoms with Crippen molar-refractivity contribution in [2.75, 3.05) is 13.2 Å². The Bertz CT molecular complexity index is 1410. The van der Waals surface area contributed by atoms with E-state index in [0.717, 1.165) is 38.5 Å². The quantitative estimate of drug-likeness (QED) is 0.0261. The number of rotatable bonds is 69. The van der Waals surface area contributed by atoms with Crippen molar-refractivity contribution >= 4 is 5.91 Å². The zero-order chi connectivity index (χ0) is 62.1. The summed E-state index contributed by atoms with van der Waals surface area (Å²) >= 11 is 0. The highest BCUT2D eigenvalue weighted by Gasteiger charge is 2.44. The molecule has 9 nitrogen and oxygen atoms in total. The van der Waals surface area contributed by atoms with Crippen LogP contribution in [0.15, 0.2) is 24.3 Å². The fourth-order valence-electron chi connectivity index (χ4n) is 12.8. The highest BCUT2D eigenvalue weighted by atomic mass is 16.7. The van der Waals surface area contributed by atoms with Gasteiger partial charge in [0, 0.05) is 6.42 Å². The van der Waals surface area contributed by atoms with Crippen LogP contribution in [0.3, 0.4) is 0 Å². The maximum absolute atomic E-state index is 13.2. The number of hydrogen-bond donors (Lipinski definition) is 6. The number of nitrogens with one attached hydrogen (secondary N) is 1. The Kier molecular flexibility index (Phi) is 64.0. The molecule has 0 radical (unpaired) electrons. The normalized spacial score (nSPS) is 18.1. The number of carbonyl (C=O) groups is 1. The summed E-state index contributed by atoms with van der Waals surface area (Å²) in [7, 11) is 0. The minimum Gasteiger partial charge on any atom is -0.394 e. The summed E-state index contributed by atoms with van der Waals surface area (Å²) in [5, 5.41) is 54.8. The third-order valence-corrected chi connectivity index (χ3v) is 18.8. The van der Waals surface area contributed by atoms with Crippen LogP contribution in [0, 0.1) is 0 Å². The molecule has 1 fully saturated rings. The molecule has 7 atom stereocenters. The van der Waals surface area contributed by atoms with E-state index in [4.69, 9.17) is 9.47 Å². The first-order chi connectivity index (χ1) is 42.3. The van der Waals surface area contributed by atoms with Gasteiger partial charge in [-0.15, -0.1) is 0 Å². The highest BCUT2D eigenvalue weighted by Crippen LogP contribution is 2.24. The summed E-state index contributed by atoms with van der Waals surface area (Å²) < 4.78 is 11.3. The molecule has 510 valence electrons. The van der Waals surface area contributed by atoms with Crippen LogP contribution in [0.2, 0.25) is 0 Å². The van der Waals surface area contributed by atoms with Crippen molar-refractivity contribution in [3.8, 4) is 0 Å². The van der Waals surface area contributed by atoms with Crippen LogP contribution < -0.4 is 5.32 Å². The van der Waals surface area contributed by atoms with Crippen LogP contribution in [0.25, 0.3) is 0 Å². The molecule has 0 aromatic heterocycles. The maximum Gasteiger partial charge on any atom is 0.220 e. The number of unbranched alkanes of at least 4 members (excludes halogenated alkanes) is 57. The third kappa shape index (κ3) is 54.4. The molecular formula is C77H149NO8. The van der Waals surface area contributed by atoms with E-state index in [0.29, 0.717) is 6.42 Å². The van der Waals surface area contributed by atoms with Crippen LogP contribution in [0.5, 0.6) is 0 Å². The zero-order valence-electron chi connectivity index (χ0n) is 57.4. The van der Waals surface area contributed by atoms with Crippen molar-refractivity contribution in [1.82, 2.24) is 5.32 Å². The Balaban J connectivity index is 2.09. The van der Waals surface area contributed by atoms with Crippen molar-refractivity contribution in [2.24, 2.45) is 0 Å². The Morgan fingerprint density at radius 3 is 0.977 bits per heavy atom. The molecule has 6 N–H and O–H groups in total. The van der Waals surface area contributed by atoms with Gasteiger partial charge in [0.1, 0.15) is 24.4 Å². The van der Waals surface area contributed by atoms with Gasteiger partial charge in [0.15, 0.2) is 6.29 Å². The molecular weight excluding hydrogens is 1070 g/mol. The van der Waals surface area contributed by atoms with Crippen molar-refractivity contribution in [2.45, 2.75) is 448 Å². The Morgan fingerprint density at radius 2 is 0.663 bits per heavy atom. The van der Waals surface area contributed by atoms with E-state index in [9.17, 15) is 30.3 Å². The van der Waals surface area contributed by atoms with Gasteiger partial charge in [-0.3, -0.25) is 4.79 Å². The van der Waals surface area contributed by atoms with Gasteiger partial charge < -0.3 is 40.3 Å². The minimum absolute atomic E-state index is 0.177. The lowest BCUT2D eigenvalue weighted by atomic mass is 9.99. The van der Waals surface area contributed by atoms with Crippen molar-refractivity contribution in [3.05, 3.63) is 24.3 Å². The van der Waals surface area contributed by atoms with Crippen molar-refractivity contribution < 1.29 is 39.8 Å². The monoisotopic (exact) mass is 1220 g/mol. The molecule has 0 spiro atoms. The summed E-state index contributed by atoms with van der Waals surface area (Å²) in [5.41, 5.74) is 0. The lowest BCUT2D eigenvalue weighted by Crippen LogP contribution is -2.60. The number of aliphatic hydroxyl groups excluding tert-OH is 5. The standard InChI is InChI=1S/C77H149NO8/c1-3-5-7-9-11-13-15-17-19-21-23-25-27-29-31-33-34-35-36-37-39-41-43-45-47-49-51-53-55-57-59-61-63-65-67-73(81)78-70(69-85-77-76(84)75(83)74(82)72(68-79)86-77)71(80)66-64-62-60-58-56-54-52-50-48-46-44-42-40-38-32-30-28-26-24-22-20-18-16-14-12-10-8-6-4-2/h56,58,64,66,70-72,74-77,79-80,82-84H,3-55,57,59-63,65,67-69H2,1-2H3,(H,78,81)/b58-56+,66-64+. The van der Waals surface area contributed by atoms with Gasteiger partial charge in [-0.05, 0) is 32.1 Å². The van der Waals surface area contributed by atoms with E-state index in [1.54, 1.807) is 6.08 Å².